The number of hydrogen-bond acceptors (Lipinski definition) is 2. The molecule has 0 radical (unpaired) electrons. The Morgan fingerprint density at radius 2 is 2.00 bits per heavy atom. The predicted octanol–water partition coefficient (Wildman–Crippen LogP) is 2.03. The summed E-state index contributed by atoms with van der Waals surface area (Å²) in [4.78, 5) is 0. The SMILES string of the molecule is CC(C)(C)c1cc2cnncn2c1. The first-order chi connectivity index (χ1) is 6.07. The minimum atomic E-state index is 0.187. The van der Waals surface area contributed by atoms with Gasteiger partial charge in [-0.3, -0.25) is 0 Å². The third kappa shape index (κ3) is 1.41. The van der Waals surface area contributed by atoms with Gasteiger partial charge in [-0.05, 0) is 17.0 Å². The average Bonchev–Trinajstić information content (AvgIpc) is 2.45. The molecule has 13 heavy (non-hydrogen) atoms. The lowest BCUT2D eigenvalue weighted by Crippen LogP contribution is -2.09. The summed E-state index contributed by atoms with van der Waals surface area (Å²) in [6, 6.07) is 2.15. The summed E-state index contributed by atoms with van der Waals surface area (Å²) in [7, 11) is 0. The molecular weight excluding hydrogens is 162 g/mol. The van der Waals surface area contributed by atoms with Crippen molar-refractivity contribution in [3.63, 3.8) is 0 Å². The first kappa shape index (κ1) is 8.23. The number of aromatic nitrogens is 3. The van der Waals surface area contributed by atoms with E-state index in [9.17, 15) is 0 Å². The van der Waals surface area contributed by atoms with E-state index in [0.717, 1.165) is 5.52 Å². The number of fused-ring (bicyclic) bond motifs is 1. The van der Waals surface area contributed by atoms with Gasteiger partial charge in [0, 0.05) is 6.20 Å². The first-order valence-electron chi connectivity index (χ1n) is 4.36. The van der Waals surface area contributed by atoms with Gasteiger partial charge in [-0.2, -0.15) is 5.10 Å². The lowest BCUT2D eigenvalue weighted by atomic mass is 9.89. The Labute approximate surface area is 77.4 Å². The lowest BCUT2D eigenvalue weighted by Gasteiger charge is -2.15. The second kappa shape index (κ2) is 2.55. The summed E-state index contributed by atoms with van der Waals surface area (Å²) >= 11 is 0. The zero-order valence-electron chi connectivity index (χ0n) is 8.15. The highest BCUT2D eigenvalue weighted by Crippen LogP contribution is 2.23. The summed E-state index contributed by atoms with van der Waals surface area (Å²) in [6.07, 6.45) is 5.60. The van der Waals surface area contributed by atoms with Crippen molar-refractivity contribution in [2.75, 3.05) is 0 Å². The molecule has 0 spiro atoms. The number of hydrogen-bond donors (Lipinski definition) is 0. The lowest BCUT2D eigenvalue weighted by molar-refractivity contribution is 0.590. The maximum atomic E-state index is 3.84. The molecule has 0 aliphatic heterocycles. The van der Waals surface area contributed by atoms with Crippen LogP contribution in [0.15, 0.2) is 24.8 Å². The molecule has 3 nitrogen and oxygen atoms in total. The van der Waals surface area contributed by atoms with Gasteiger partial charge in [-0.25, -0.2) is 0 Å². The fourth-order valence-corrected chi connectivity index (χ4v) is 1.29. The van der Waals surface area contributed by atoms with Crippen LogP contribution in [-0.4, -0.2) is 14.6 Å². The fourth-order valence-electron chi connectivity index (χ4n) is 1.29. The summed E-state index contributed by atoms with van der Waals surface area (Å²) in [5.41, 5.74) is 2.59. The summed E-state index contributed by atoms with van der Waals surface area (Å²) in [5.74, 6) is 0. The standard InChI is InChI=1S/C10H13N3/c1-10(2,3)8-4-9-5-11-12-7-13(9)6-8/h4-7H,1-3H3. The van der Waals surface area contributed by atoms with Gasteiger partial charge in [0.05, 0.1) is 11.7 Å². The molecule has 0 aliphatic rings. The topological polar surface area (TPSA) is 30.2 Å². The Morgan fingerprint density at radius 1 is 1.23 bits per heavy atom. The van der Waals surface area contributed by atoms with Crippen LogP contribution in [0.2, 0.25) is 0 Å². The van der Waals surface area contributed by atoms with Crippen molar-refractivity contribution in [2.45, 2.75) is 26.2 Å². The van der Waals surface area contributed by atoms with Gasteiger partial charge < -0.3 is 4.40 Å². The quantitative estimate of drug-likeness (QED) is 0.613. The van der Waals surface area contributed by atoms with Crippen molar-refractivity contribution in [3.8, 4) is 0 Å². The molecule has 2 heterocycles. The molecule has 0 saturated carbocycles. The van der Waals surface area contributed by atoms with Gasteiger partial charge in [0.2, 0.25) is 0 Å². The summed E-state index contributed by atoms with van der Waals surface area (Å²) in [6.45, 7) is 6.59. The first-order valence-corrected chi connectivity index (χ1v) is 4.36. The molecule has 0 N–H and O–H groups in total. The van der Waals surface area contributed by atoms with E-state index in [1.807, 2.05) is 4.40 Å². The average molecular weight is 175 g/mol. The number of nitrogens with zero attached hydrogens (tertiary/aromatic N) is 3. The third-order valence-corrected chi connectivity index (χ3v) is 2.18. The van der Waals surface area contributed by atoms with Gasteiger partial charge in [0.15, 0.2) is 0 Å². The van der Waals surface area contributed by atoms with Gasteiger partial charge in [0.25, 0.3) is 0 Å². The van der Waals surface area contributed by atoms with Crippen LogP contribution in [-0.2, 0) is 5.41 Å². The van der Waals surface area contributed by atoms with Crippen molar-refractivity contribution in [1.82, 2.24) is 14.6 Å². The molecule has 2 aromatic rings. The second-order valence-electron chi connectivity index (χ2n) is 4.29. The maximum absolute atomic E-state index is 3.84. The van der Waals surface area contributed by atoms with Crippen molar-refractivity contribution in [2.24, 2.45) is 0 Å². The molecule has 0 atom stereocenters. The molecule has 0 fully saturated rings. The Kier molecular flexibility index (Phi) is 1.62. The smallest absolute Gasteiger partial charge is 0.122 e. The molecule has 3 heteroatoms. The highest BCUT2D eigenvalue weighted by molar-refractivity contribution is 5.49. The largest absolute Gasteiger partial charge is 0.304 e. The molecule has 0 unspecified atom stereocenters. The fraction of sp³-hybridized carbons (Fsp3) is 0.400. The van der Waals surface area contributed by atoms with E-state index in [1.54, 1.807) is 12.5 Å². The molecule has 0 aromatic carbocycles. The molecule has 0 amide bonds. The molecule has 68 valence electrons. The second-order valence-corrected chi connectivity index (χ2v) is 4.29. The zero-order valence-corrected chi connectivity index (χ0v) is 8.15. The molecule has 0 aliphatic carbocycles. The van der Waals surface area contributed by atoms with Crippen LogP contribution in [0.5, 0.6) is 0 Å². The van der Waals surface area contributed by atoms with Gasteiger partial charge >= 0.3 is 0 Å². The molecule has 0 saturated heterocycles. The van der Waals surface area contributed by atoms with Crippen LogP contribution in [0.4, 0.5) is 0 Å². The molecule has 2 rings (SSSR count). The normalized spacial score (nSPS) is 12.2. The van der Waals surface area contributed by atoms with Crippen molar-refractivity contribution >= 4 is 5.52 Å². The Hall–Kier alpha value is -1.38. The van der Waals surface area contributed by atoms with E-state index in [4.69, 9.17) is 0 Å². The molecule has 2 aromatic heterocycles. The summed E-state index contributed by atoms with van der Waals surface area (Å²) in [5, 5.41) is 7.66. The van der Waals surface area contributed by atoms with Gasteiger partial charge in [0.1, 0.15) is 6.33 Å². The van der Waals surface area contributed by atoms with Crippen LogP contribution < -0.4 is 0 Å². The number of rotatable bonds is 0. The third-order valence-electron chi connectivity index (χ3n) is 2.18. The van der Waals surface area contributed by atoms with Crippen molar-refractivity contribution in [3.05, 3.63) is 30.4 Å². The van der Waals surface area contributed by atoms with Crippen molar-refractivity contribution in [1.29, 1.82) is 0 Å². The van der Waals surface area contributed by atoms with Gasteiger partial charge in [-0.15, -0.1) is 5.10 Å². The Balaban J connectivity index is 2.63. The monoisotopic (exact) mass is 175 g/mol. The summed E-state index contributed by atoms with van der Waals surface area (Å²) < 4.78 is 1.99. The minimum Gasteiger partial charge on any atom is -0.304 e. The van der Waals surface area contributed by atoms with Crippen LogP contribution in [0.3, 0.4) is 0 Å². The van der Waals surface area contributed by atoms with Crippen LogP contribution in [0, 0.1) is 0 Å². The highest BCUT2D eigenvalue weighted by atomic mass is 15.1. The van der Waals surface area contributed by atoms with E-state index in [1.165, 1.54) is 5.56 Å². The molecular formula is C10H13N3. The Bertz CT molecular complexity index is 390. The highest BCUT2D eigenvalue weighted by Gasteiger charge is 2.15. The van der Waals surface area contributed by atoms with Crippen molar-refractivity contribution < 1.29 is 0 Å². The van der Waals surface area contributed by atoms with Gasteiger partial charge in [-0.1, -0.05) is 20.8 Å². The van der Waals surface area contributed by atoms with E-state index >= 15 is 0 Å². The zero-order chi connectivity index (χ0) is 9.47. The Morgan fingerprint density at radius 3 is 2.62 bits per heavy atom. The van der Waals surface area contributed by atoms with E-state index in [2.05, 4.69) is 43.2 Å². The van der Waals surface area contributed by atoms with Crippen LogP contribution >= 0.6 is 0 Å². The molecule has 0 bridgehead atoms. The van der Waals surface area contributed by atoms with E-state index in [0.29, 0.717) is 0 Å². The van der Waals surface area contributed by atoms with E-state index < -0.39 is 0 Å². The maximum Gasteiger partial charge on any atom is 0.122 e. The van der Waals surface area contributed by atoms with Crippen LogP contribution in [0.25, 0.3) is 5.52 Å². The predicted molar refractivity (Wildman–Crippen MR) is 51.7 cm³/mol. The van der Waals surface area contributed by atoms with E-state index in [-0.39, 0.29) is 5.41 Å². The van der Waals surface area contributed by atoms with Crippen LogP contribution in [0.1, 0.15) is 26.3 Å². The minimum absolute atomic E-state index is 0.187.